The fourth-order valence-corrected chi connectivity index (χ4v) is 2.87. The summed E-state index contributed by atoms with van der Waals surface area (Å²) in [5.41, 5.74) is 0. The highest BCUT2D eigenvalue weighted by Gasteiger charge is 2.37. The van der Waals surface area contributed by atoms with Gasteiger partial charge in [-0.25, -0.2) is 13.1 Å². The molecule has 1 fully saturated rings. The van der Waals surface area contributed by atoms with Crippen LogP contribution in [0.4, 0.5) is 0 Å². The third kappa shape index (κ3) is 4.95. The zero-order chi connectivity index (χ0) is 11.5. The van der Waals surface area contributed by atoms with E-state index in [0.717, 1.165) is 12.8 Å². The molecular formula is C10H22N2O2S. The van der Waals surface area contributed by atoms with Crippen LogP contribution in [-0.4, -0.2) is 32.8 Å². The molecule has 0 aromatic carbocycles. The third-order valence-electron chi connectivity index (χ3n) is 2.70. The van der Waals surface area contributed by atoms with Crippen molar-refractivity contribution in [1.29, 1.82) is 0 Å². The molecule has 0 heterocycles. The van der Waals surface area contributed by atoms with E-state index in [1.807, 2.05) is 13.8 Å². The van der Waals surface area contributed by atoms with Crippen molar-refractivity contribution >= 4 is 10.0 Å². The number of rotatable bonds is 7. The molecule has 1 rings (SSSR count). The second kappa shape index (κ2) is 5.27. The van der Waals surface area contributed by atoms with E-state index in [0.29, 0.717) is 18.5 Å². The number of hydrogen-bond donors (Lipinski definition) is 2. The van der Waals surface area contributed by atoms with Gasteiger partial charge in [-0.1, -0.05) is 27.2 Å². The van der Waals surface area contributed by atoms with Gasteiger partial charge < -0.3 is 5.32 Å². The van der Waals surface area contributed by atoms with Crippen molar-refractivity contribution in [2.24, 2.45) is 5.92 Å². The second-order valence-electron chi connectivity index (χ2n) is 4.56. The van der Waals surface area contributed by atoms with Crippen molar-refractivity contribution in [3.8, 4) is 0 Å². The van der Waals surface area contributed by atoms with Gasteiger partial charge in [0, 0.05) is 18.6 Å². The normalized spacial score (nSPS) is 25.9. The molecule has 0 saturated heterocycles. The Morgan fingerprint density at radius 3 is 2.53 bits per heavy atom. The molecule has 0 spiro atoms. The van der Waals surface area contributed by atoms with Crippen molar-refractivity contribution in [2.45, 2.75) is 45.7 Å². The average molecular weight is 234 g/mol. The molecule has 0 amide bonds. The lowest BCUT2D eigenvalue weighted by Crippen LogP contribution is -2.35. The SMILES string of the molecule is CCC1CC1NS(=O)(=O)CCNC(C)C. The zero-order valence-corrected chi connectivity index (χ0v) is 10.6. The smallest absolute Gasteiger partial charge is 0.213 e. The first kappa shape index (κ1) is 12.9. The van der Waals surface area contributed by atoms with Gasteiger partial charge in [-0.2, -0.15) is 0 Å². The quantitative estimate of drug-likeness (QED) is 0.682. The molecule has 0 radical (unpaired) electrons. The lowest BCUT2D eigenvalue weighted by Gasteiger charge is -2.09. The van der Waals surface area contributed by atoms with Crippen LogP contribution in [-0.2, 0) is 10.0 Å². The van der Waals surface area contributed by atoms with Crippen molar-refractivity contribution in [3.63, 3.8) is 0 Å². The van der Waals surface area contributed by atoms with Gasteiger partial charge in [0.05, 0.1) is 5.75 Å². The first-order valence-corrected chi connectivity index (χ1v) is 7.33. The van der Waals surface area contributed by atoms with Gasteiger partial charge in [-0.3, -0.25) is 0 Å². The zero-order valence-electron chi connectivity index (χ0n) is 9.79. The van der Waals surface area contributed by atoms with Crippen LogP contribution in [0.3, 0.4) is 0 Å². The molecule has 90 valence electrons. The Morgan fingerprint density at radius 1 is 1.40 bits per heavy atom. The number of sulfonamides is 1. The average Bonchev–Trinajstić information content (AvgIpc) is 2.81. The molecule has 2 atom stereocenters. The molecular weight excluding hydrogens is 212 g/mol. The Hall–Kier alpha value is -0.130. The maximum Gasteiger partial charge on any atom is 0.213 e. The van der Waals surface area contributed by atoms with E-state index < -0.39 is 10.0 Å². The summed E-state index contributed by atoms with van der Waals surface area (Å²) in [6, 6.07) is 0.545. The molecule has 1 aliphatic carbocycles. The van der Waals surface area contributed by atoms with E-state index in [2.05, 4.69) is 17.0 Å². The summed E-state index contributed by atoms with van der Waals surface area (Å²) in [7, 11) is -3.07. The second-order valence-corrected chi connectivity index (χ2v) is 6.43. The van der Waals surface area contributed by atoms with E-state index in [1.54, 1.807) is 0 Å². The summed E-state index contributed by atoms with van der Waals surface area (Å²) in [6.45, 7) is 6.64. The van der Waals surface area contributed by atoms with Crippen molar-refractivity contribution in [2.75, 3.05) is 12.3 Å². The van der Waals surface area contributed by atoms with Gasteiger partial charge in [0.2, 0.25) is 10.0 Å². The van der Waals surface area contributed by atoms with Crippen LogP contribution in [0.25, 0.3) is 0 Å². The van der Waals surface area contributed by atoms with E-state index in [1.165, 1.54) is 0 Å². The fraction of sp³-hybridized carbons (Fsp3) is 1.00. The van der Waals surface area contributed by atoms with E-state index in [-0.39, 0.29) is 11.8 Å². The Kier molecular flexibility index (Phi) is 4.55. The summed E-state index contributed by atoms with van der Waals surface area (Å²) in [5, 5.41) is 3.10. The van der Waals surface area contributed by atoms with Crippen LogP contribution in [0.1, 0.15) is 33.6 Å². The lowest BCUT2D eigenvalue weighted by atomic mass is 10.3. The summed E-state index contributed by atoms with van der Waals surface area (Å²) in [4.78, 5) is 0. The highest BCUT2D eigenvalue weighted by molar-refractivity contribution is 7.89. The maximum absolute atomic E-state index is 11.6. The van der Waals surface area contributed by atoms with Crippen molar-refractivity contribution in [1.82, 2.24) is 10.0 Å². The van der Waals surface area contributed by atoms with Gasteiger partial charge in [0.15, 0.2) is 0 Å². The van der Waals surface area contributed by atoms with Crippen LogP contribution >= 0.6 is 0 Å². The van der Waals surface area contributed by atoms with E-state index in [4.69, 9.17) is 0 Å². The molecule has 2 N–H and O–H groups in total. The predicted molar refractivity (Wildman–Crippen MR) is 62.2 cm³/mol. The molecule has 0 aliphatic heterocycles. The Morgan fingerprint density at radius 2 is 2.07 bits per heavy atom. The minimum atomic E-state index is -3.07. The van der Waals surface area contributed by atoms with Crippen LogP contribution < -0.4 is 10.0 Å². The van der Waals surface area contributed by atoms with E-state index >= 15 is 0 Å². The predicted octanol–water partition coefficient (Wildman–Crippen LogP) is 0.702. The molecule has 1 aliphatic rings. The van der Waals surface area contributed by atoms with Gasteiger partial charge in [0.1, 0.15) is 0 Å². The van der Waals surface area contributed by atoms with Crippen LogP contribution in [0.15, 0.2) is 0 Å². The van der Waals surface area contributed by atoms with E-state index in [9.17, 15) is 8.42 Å². The Balaban J connectivity index is 2.21. The minimum Gasteiger partial charge on any atom is -0.313 e. The fourth-order valence-electron chi connectivity index (χ4n) is 1.61. The Bertz CT molecular complexity index is 288. The molecule has 5 heteroatoms. The van der Waals surface area contributed by atoms with Crippen LogP contribution in [0.5, 0.6) is 0 Å². The molecule has 4 nitrogen and oxygen atoms in total. The van der Waals surface area contributed by atoms with Gasteiger partial charge in [-0.05, 0) is 12.3 Å². The lowest BCUT2D eigenvalue weighted by molar-refractivity contribution is 0.562. The maximum atomic E-state index is 11.6. The van der Waals surface area contributed by atoms with Crippen LogP contribution in [0.2, 0.25) is 0 Å². The minimum absolute atomic E-state index is 0.179. The van der Waals surface area contributed by atoms with Crippen molar-refractivity contribution < 1.29 is 8.42 Å². The molecule has 1 saturated carbocycles. The molecule has 15 heavy (non-hydrogen) atoms. The first-order valence-electron chi connectivity index (χ1n) is 5.68. The van der Waals surface area contributed by atoms with Crippen molar-refractivity contribution in [3.05, 3.63) is 0 Å². The number of hydrogen-bond acceptors (Lipinski definition) is 3. The molecule has 0 bridgehead atoms. The van der Waals surface area contributed by atoms with Gasteiger partial charge in [0.25, 0.3) is 0 Å². The highest BCUT2D eigenvalue weighted by atomic mass is 32.2. The monoisotopic (exact) mass is 234 g/mol. The topological polar surface area (TPSA) is 58.2 Å². The highest BCUT2D eigenvalue weighted by Crippen LogP contribution is 2.33. The van der Waals surface area contributed by atoms with Gasteiger partial charge >= 0.3 is 0 Å². The van der Waals surface area contributed by atoms with Gasteiger partial charge in [-0.15, -0.1) is 0 Å². The summed E-state index contributed by atoms with van der Waals surface area (Å²) < 4.78 is 25.9. The summed E-state index contributed by atoms with van der Waals surface area (Å²) >= 11 is 0. The van der Waals surface area contributed by atoms with Crippen LogP contribution in [0, 0.1) is 5.92 Å². The molecule has 0 aromatic heterocycles. The first-order chi connectivity index (χ1) is 6.94. The third-order valence-corrected chi connectivity index (χ3v) is 4.10. The molecule has 0 aromatic rings. The largest absolute Gasteiger partial charge is 0.313 e. The number of nitrogens with one attached hydrogen (secondary N) is 2. The standard InChI is InChI=1S/C10H22N2O2S/c1-4-9-7-10(9)12-15(13,14)6-5-11-8(2)3/h8-12H,4-7H2,1-3H3. The summed E-state index contributed by atoms with van der Waals surface area (Å²) in [5.74, 6) is 0.746. The Labute approximate surface area is 92.9 Å². The molecule has 2 unspecified atom stereocenters. The summed E-state index contributed by atoms with van der Waals surface area (Å²) in [6.07, 6.45) is 2.07.